The first kappa shape index (κ1) is 19.5. The number of nitrogens with zero attached hydrogens (tertiary/aromatic N) is 3. The Kier molecular flexibility index (Phi) is 5.63. The van der Waals surface area contributed by atoms with Crippen LogP contribution in [0.1, 0.15) is 5.56 Å². The molecule has 0 spiro atoms. The average molecular weight is 418 g/mol. The number of aromatic nitrogens is 1. The summed E-state index contributed by atoms with van der Waals surface area (Å²) in [6.07, 6.45) is 5.56. The highest BCUT2D eigenvalue weighted by Crippen LogP contribution is 2.31. The van der Waals surface area contributed by atoms with Crippen LogP contribution in [0.5, 0.6) is 0 Å². The third kappa shape index (κ3) is 4.26. The maximum atomic E-state index is 14.7. The lowest BCUT2D eigenvalue weighted by Gasteiger charge is -2.13. The summed E-state index contributed by atoms with van der Waals surface area (Å²) in [4.78, 5) is 20.6. The van der Waals surface area contributed by atoms with Gasteiger partial charge in [0, 0.05) is 18.2 Å². The summed E-state index contributed by atoms with van der Waals surface area (Å²) >= 11 is 1.49. The highest BCUT2D eigenvalue weighted by atomic mass is 32.1. The zero-order valence-electron chi connectivity index (χ0n) is 15.6. The number of para-hydroxylation sites is 1. The van der Waals surface area contributed by atoms with Crippen molar-refractivity contribution in [2.24, 2.45) is 4.99 Å². The van der Waals surface area contributed by atoms with Gasteiger partial charge >= 0.3 is 0 Å². The van der Waals surface area contributed by atoms with Crippen molar-refractivity contribution in [3.63, 3.8) is 0 Å². The molecule has 0 bridgehead atoms. The standard InChI is InChI=1S/C22H15FN4O2S/c23-17-11-15(22-27-18-4-1-2-5-20(18)30-22)7-6-14(17)10-16(12-24)26-21(28)19-13-25-8-3-9-29-19/h1-9,11,13,16H,10H2,(H,26,28)/t16-/m0/s1. The minimum Gasteiger partial charge on any atom is -0.458 e. The van der Waals surface area contributed by atoms with E-state index in [0.29, 0.717) is 11.1 Å². The quantitative estimate of drug-likeness (QED) is 0.676. The van der Waals surface area contributed by atoms with Gasteiger partial charge in [-0.1, -0.05) is 24.3 Å². The number of carbonyl (C=O) groups is 1. The molecule has 0 saturated heterocycles. The average Bonchev–Trinajstić information content (AvgIpc) is 3.00. The van der Waals surface area contributed by atoms with E-state index in [1.807, 2.05) is 30.3 Å². The Balaban J connectivity index is 1.49. The van der Waals surface area contributed by atoms with E-state index in [2.05, 4.69) is 15.3 Å². The van der Waals surface area contributed by atoms with Crippen LogP contribution >= 0.6 is 11.3 Å². The summed E-state index contributed by atoms with van der Waals surface area (Å²) in [5, 5.41) is 12.6. The van der Waals surface area contributed by atoms with Crippen LogP contribution < -0.4 is 5.32 Å². The van der Waals surface area contributed by atoms with Crippen molar-refractivity contribution in [2.75, 3.05) is 0 Å². The number of halogens is 1. The van der Waals surface area contributed by atoms with Gasteiger partial charge in [-0.25, -0.2) is 9.37 Å². The van der Waals surface area contributed by atoms with E-state index in [1.54, 1.807) is 12.1 Å². The number of fused-ring (bicyclic) bond motifs is 1. The van der Waals surface area contributed by atoms with E-state index in [9.17, 15) is 14.4 Å². The van der Waals surface area contributed by atoms with Crippen LogP contribution in [-0.2, 0) is 16.0 Å². The van der Waals surface area contributed by atoms with Gasteiger partial charge in [-0.05, 0) is 29.8 Å². The Morgan fingerprint density at radius 3 is 2.97 bits per heavy atom. The minimum absolute atomic E-state index is 0.0145. The van der Waals surface area contributed by atoms with Crippen molar-refractivity contribution in [1.29, 1.82) is 5.26 Å². The van der Waals surface area contributed by atoms with Crippen LogP contribution in [0.2, 0.25) is 0 Å². The lowest BCUT2D eigenvalue weighted by atomic mass is 10.0. The Morgan fingerprint density at radius 1 is 1.30 bits per heavy atom. The molecule has 1 atom stereocenters. The SMILES string of the molecule is N#C[C@H](Cc1ccc(-c2nc3ccccc3s2)cc1F)NC(=O)C1=CN=CC=CO1. The Hall–Kier alpha value is -3.83. The zero-order valence-corrected chi connectivity index (χ0v) is 16.4. The van der Waals surface area contributed by atoms with E-state index in [-0.39, 0.29) is 12.2 Å². The van der Waals surface area contributed by atoms with Crippen LogP contribution in [0.3, 0.4) is 0 Å². The molecule has 6 nitrogen and oxygen atoms in total. The van der Waals surface area contributed by atoms with Gasteiger partial charge in [-0.15, -0.1) is 11.3 Å². The summed E-state index contributed by atoms with van der Waals surface area (Å²) in [7, 11) is 0. The smallest absolute Gasteiger partial charge is 0.289 e. The Bertz CT molecular complexity index is 1210. The third-order valence-corrected chi connectivity index (χ3v) is 5.43. The summed E-state index contributed by atoms with van der Waals surface area (Å²) in [5.74, 6) is -1.11. The van der Waals surface area contributed by atoms with E-state index in [1.165, 1.54) is 42.2 Å². The topological polar surface area (TPSA) is 87.4 Å². The number of hydrogen-bond acceptors (Lipinski definition) is 6. The Morgan fingerprint density at radius 2 is 2.17 bits per heavy atom. The first-order chi connectivity index (χ1) is 14.6. The number of hydrogen-bond donors (Lipinski definition) is 1. The molecule has 2 aromatic carbocycles. The van der Waals surface area contributed by atoms with Crippen LogP contribution in [0.15, 0.2) is 71.8 Å². The molecule has 148 valence electrons. The number of thiazole rings is 1. The van der Waals surface area contributed by atoms with Crippen molar-refractivity contribution in [2.45, 2.75) is 12.5 Å². The molecule has 1 aromatic heterocycles. The summed E-state index contributed by atoms with van der Waals surface area (Å²) in [6.45, 7) is 0. The second-order valence-electron chi connectivity index (χ2n) is 6.39. The number of nitriles is 1. The van der Waals surface area contributed by atoms with Gasteiger partial charge in [0.15, 0.2) is 0 Å². The van der Waals surface area contributed by atoms with E-state index < -0.39 is 17.8 Å². The highest BCUT2D eigenvalue weighted by molar-refractivity contribution is 7.21. The molecule has 0 saturated carbocycles. The molecule has 0 unspecified atom stereocenters. The van der Waals surface area contributed by atoms with Crippen molar-refractivity contribution in [1.82, 2.24) is 10.3 Å². The van der Waals surface area contributed by atoms with E-state index in [0.717, 1.165) is 15.2 Å². The van der Waals surface area contributed by atoms with Crippen LogP contribution in [-0.4, -0.2) is 23.1 Å². The molecule has 8 heteroatoms. The van der Waals surface area contributed by atoms with Gasteiger partial charge in [0.25, 0.3) is 5.91 Å². The monoisotopic (exact) mass is 418 g/mol. The largest absolute Gasteiger partial charge is 0.458 e. The van der Waals surface area contributed by atoms with E-state index >= 15 is 0 Å². The zero-order chi connectivity index (χ0) is 20.9. The molecule has 4 rings (SSSR count). The van der Waals surface area contributed by atoms with Crippen LogP contribution in [0.4, 0.5) is 4.39 Å². The van der Waals surface area contributed by atoms with Gasteiger partial charge in [0.2, 0.25) is 5.76 Å². The number of allylic oxidation sites excluding steroid dienone is 1. The van der Waals surface area contributed by atoms with Crippen molar-refractivity contribution in [3.05, 3.63) is 78.1 Å². The van der Waals surface area contributed by atoms with Crippen molar-refractivity contribution < 1.29 is 13.9 Å². The molecule has 0 fully saturated rings. The molecule has 1 amide bonds. The maximum absolute atomic E-state index is 14.7. The maximum Gasteiger partial charge on any atom is 0.289 e. The number of benzene rings is 2. The number of ether oxygens (including phenoxy) is 1. The summed E-state index contributed by atoms with van der Waals surface area (Å²) < 4.78 is 20.9. The fraction of sp³-hybridized carbons (Fsp3) is 0.0909. The number of amides is 1. The normalized spacial score (nSPS) is 13.8. The van der Waals surface area contributed by atoms with Gasteiger partial charge in [0.05, 0.1) is 28.7 Å². The number of carbonyl (C=O) groups excluding carboxylic acids is 1. The number of aliphatic imine (C=N–C) groups is 1. The van der Waals surface area contributed by atoms with E-state index in [4.69, 9.17) is 4.74 Å². The first-order valence-electron chi connectivity index (χ1n) is 9.04. The fourth-order valence-electron chi connectivity index (χ4n) is 2.87. The minimum atomic E-state index is -0.930. The third-order valence-electron chi connectivity index (χ3n) is 4.34. The first-order valence-corrected chi connectivity index (χ1v) is 9.85. The molecule has 1 N–H and O–H groups in total. The predicted molar refractivity (Wildman–Crippen MR) is 113 cm³/mol. The van der Waals surface area contributed by atoms with Gasteiger partial charge in [-0.3, -0.25) is 9.79 Å². The predicted octanol–water partition coefficient (Wildman–Crippen LogP) is 4.11. The molecule has 1 aliphatic rings. The highest BCUT2D eigenvalue weighted by Gasteiger charge is 2.19. The molecular formula is C22H15FN4O2S. The molecule has 0 aliphatic carbocycles. The lowest BCUT2D eigenvalue weighted by molar-refractivity contribution is -0.120. The van der Waals surface area contributed by atoms with Gasteiger partial charge in [-0.2, -0.15) is 5.26 Å². The van der Waals surface area contributed by atoms with Crippen LogP contribution in [0, 0.1) is 17.1 Å². The molecular weight excluding hydrogens is 403 g/mol. The molecule has 2 heterocycles. The fourth-order valence-corrected chi connectivity index (χ4v) is 3.83. The summed E-state index contributed by atoms with van der Waals surface area (Å²) in [5.41, 5.74) is 1.85. The van der Waals surface area contributed by atoms with Crippen molar-refractivity contribution in [3.8, 4) is 16.6 Å². The van der Waals surface area contributed by atoms with Crippen molar-refractivity contribution >= 4 is 33.7 Å². The molecule has 0 radical (unpaired) electrons. The second kappa shape index (κ2) is 8.68. The van der Waals surface area contributed by atoms with Gasteiger partial charge < -0.3 is 10.1 Å². The van der Waals surface area contributed by atoms with Gasteiger partial charge in [0.1, 0.15) is 16.9 Å². The lowest BCUT2D eigenvalue weighted by Crippen LogP contribution is -2.36. The second-order valence-corrected chi connectivity index (χ2v) is 7.42. The number of rotatable bonds is 5. The molecule has 30 heavy (non-hydrogen) atoms. The molecule has 3 aromatic rings. The Labute approximate surface area is 175 Å². The summed E-state index contributed by atoms with van der Waals surface area (Å²) in [6, 6.07) is 13.6. The molecule has 1 aliphatic heterocycles. The van der Waals surface area contributed by atoms with Crippen LogP contribution in [0.25, 0.3) is 20.8 Å². The number of nitrogens with one attached hydrogen (secondary N) is 1.